The zero-order valence-electron chi connectivity index (χ0n) is 11.0. The van der Waals surface area contributed by atoms with E-state index in [9.17, 15) is 4.79 Å². The van der Waals surface area contributed by atoms with Crippen LogP contribution in [-0.4, -0.2) is 23.5 Å². The second-order valence-electron chi connectivity index (χ2n) is 4.86. The highest BCUT2D eigenvalue weighted by molar-refractivity contribution is 6.08. The molecule has 0 saturated carbocycles. The molecule has 1 aromatic carbocycles. The summed E-state index contributed by atoms with van der Waals surface area (Å²) in [6.07, 6.45) is 0. The summed E-state index contributed by atoms with van der Waals surface area (Å²) < 4.78 is 0. The van der Waals surface area contributed by atoms with Crippen molar-refractivity contribution in [2.75, 3.05) is 6.54 Å². The lowest BCUT2D eigenvalue weighted by atomic mass is 10.1. The SMILES string of the molecule is Cc1ccc2[nH]c(C)c(C(=O)NCC(C)N)c2c1. The summed E-state index contributed by atoms with van der Waals surface area (Å²) in [6.45, 7) is 6.28. The average Bonchev–Trinajstić information content (AvgIpc) is 2.61. The first kappa shape index (κ1) is 12.6. The molecule has 1 heterocycles. The maximum atomic E-state index is 12.2. The number of carbonyl (C=O) groups is 1. The summed E-state index contributed by atoms with van der Waals surface area (Å²) in [6, 6.07) is 6.02. The number of nitrogens with two attached hydrogens (primary N) is 1. The van der Waals surface area contributed by atoms with Crippen LogP contribution in [0.3, 0.4) is 0 Å². The van der Waals surface area contributed by atoms with E-state index in [4.69, 9.17) is 5.73 Å². The third kappa shape index (κ3) is 2.38. The molecule has 4 N–H and O–H groups in total. The third-order valence-corrected chi connectivity index (χ3v) is 2.95. The molecule has 4 heteroatoms. The summed E-state index contributed by atoms with van der Waals surface area (Å²) in [4.78, 5) is 15.4. The summed E-state index contributed by atoms with van der Waals surface area (Å²) >= 11 is 0. The Morgan fingerprint density at radius 3 is 2.83 bits per heavy atom. The minimum Gasteiger partial charge on any atom is -0.358 e. The van der Waals surface area contributed by atoms with Crippen LogP contribution >= 0.6 is 0 Å². The summed E-state index contributed by atoms with van der Waals surface area (Å²) in [5, 5.41) is 3.82. The van der Waals surface area contributed by atoms with Gasteiger partial charge in [0.25, 0.3) is 5.91 Å². The Hall–Kier alpha value is -1.81. The normalized spacial score (nSPS) is 12.7. The molecule has 2 aromatic rings. The van der Waals surface area contributed by atoms with Crippen molar-refractivity contribution >= 4 is 16.8 Å². The standard InChI is InChI=1S/C14H19N3O/c1-8-4-5-12-11(6-8)13(10(3)17-12)14(18)16-7-9(2)15/h4-6,9,17H,7,15H2,1-3H3,(H,16,18). The molecule has 0 radical (unpaired) electrons. The molecule has 0 bridgehead atoms. The number of hydrogen-bond donors (Lipinski definition) is 3. The number of H-pyrrole nitrogens is 1. The van der Waals surface area contributed by atoms with Crippen molar-refractivity contribution in [3.8, 4) is 0 Å². The molecular formula is C14H19N3O. The molecule has 18 heavy (non-hydrogen) atoms. The lowest BCUT2D eigenvalue weighted by molar-refractivity contribution is 0.0953. The monoisotopic (exact) mass is 245 g/mol. The van der Waals surface area contributed by atoms with Crippen LogP contribution in [0, 0.1) is 13.8 Å². The number of aromatic nitrogens is 1. The smallest absolute Gasteiger partial charge is 0.253 e. The minimum atomic E-state index is -0.0679. The van der Waals surface area contributed by atoms with Crippen molar-refractivity contribution in [3.05, 3.63) is 35.0 Å². The molecule has 96 valence electrons. The zero-order valence-corrected chi connectivity index (χ0v) is 11.0. The molecular weight excluding hydrogens is 226 g/mol. The Morgan fingerprint density at radius 1 is 1.44 bits per heavy atom. The fourth-order valence-electron chi connectivity index (χ4n) is 2.08. The van der Waals surface area contributed by atoms with Crippen LogP contribution in [0.15, 0.2) is 18.2 Å². The summed E-state index contributed by atoms with van der Waals surface area (Å²) in [5.74, 6) is -0.0679. The van der Waals surface area contributed by atoms with Crippen LogP contribution in [0.1, 0.15) is 28.5 Å². The van der Waals surface area contributed by atoms with Gasteiger partial charge in [-0.2, -0.15) is 0 Å². The Morgan fingerprint density at radius 2 is 2.17 bits per heavy atom. The van der Waals surface area contributed by atoms with E-state index in [0.717, 1.165) is 22.2 Å². The summed E-state index contributed by atoms with van der Waals surface area (Å²) in [7, 11) is 0. The number of fused-ring (bicyclic) bond motifs is 1. The Balaban J connectivity index is 2.40. The largest absolute Gasteiger partial charge is 0.358 e. The second kappa shape index (κ2) is 4.82. The van der Waals surface area contributed by atoms with Gasteiger partial charge in [0.2, 0.25) is 0 Å². The van der Waals surface area contributed by atoms with Gasteiger partial charge in [-0.3, -0.25) is 4.79 Å². The maximum Gasteiger partial charge on any atom is 0.253 e. The Labute approximate surface area is 107 Å². The molecule has 1 unspecified atom stereocenters. The Kier molecular flexibility index (Phi) is 3.39. The van der Waals surface area contributed by atoms with Crippen LogP contribution in [-0.2, 0) is 0 Å². The van der Waals surface area contributed by atoms with E-state index in [1.54, 1.807) is 0 Å². The van der Waals surface area contributed by atoms with Gasteiger partial charge in [-0.15, -0.1) is 0 Å². The van der Waals surface area contributed by atoms with Gasteiger partial charge in [-0.05, 0) is 32.9 Å². The third-order valence-electron chi connectivity index (χ3n) is 2.95. The van der Waals surface area contributed by atoms with Crippen molar-refractivity contribution in [3.63, 3.8) is 0 Å². The molecule has 0 aliphatic rings. The predicted molar refractivity (Wildman–Crippen MR) is 73.8 cm³/mol. The number of aryl methyl sites for hydroxylation is 2. The van der Waals surface area contributed by atoms with E-state index in [2.05, 4.69) is 10.3 Å². The fourth-order valence-corrected chi connectivity index (χ4v) is 2.08. The van der Waals surface area contributed by atoms with Gasteiger partial charge in [0.1, 0.15) is 0 Å². The number of hydrogen-bond acceptors (Lipinski definition) is 2. The van der Waals surface area contributed by atoms with Crippen LogP contribution in [0.25, 0.3) is 10.9 Å². The number of rotatable bonds is 3. The lowest BCUT2D eigenvalue weighted by Crippen LogP contribution is -2.35. The number of amides is 1. The van der Waals surface area contributed by atoms with Crippen molar-refractivity contribution in [2.45, 2.75) is 26.8 Å². The van der Waals surface area contributed by atoms with E-state index in [1.165, 1.54) is 0 Å². The van der Waals surface area contributed by atoms with Gasteiger partial charge in [0.05, 0.1) is 5.56 Å². The van der Waals surface area contributed by atoms with E-state index >= 15 is 0 Å². The Bertz CT molecular complexity index is 584. The van der Waals surface area contributed by atoms with E-state index in [0.29, 0.717) is 12.1 Å². The van der Waals surface area contributed by atoms with Crippen molar-refractivity contribution in [2.24, 2.45) is 5.73 Å². The molecule has 2 rings (SSSR count). The zero-order chi connectivity index (χ0) is 13.3. The number of carbonyl (C=O) groups excluding carboxylic acids is 1. The van der Waals surface area contributed by atoms with Gasteiger partial charge in [0.15, 0.2) is 0 Å². The average molecular weight is 245 g/mol. The van der Waals surface area contributed by atoms with E-state index in [1.807, 2.05) is 39.0 Å². The minimum absolute atomic E-state index is 0.0406. The van der Waals surface area contributed by atoms with Gasteiger partial charge in [-0.1, -0.05) is 11.6 Å². The molecule has 0 fully saturated rings. The van der Waals surface area contributed by atoms with Crippen LogP contribution in [0.4, 0.5) is 0 Å². The highest BCUT2D eigenvalue weighted by atomic mass is 16.1. The van der Waals surface area contributed by atoms with Crippen molar-refractivity contribution < 1.29 is 4.79 Å². The first-order valence-electron chi connectivity index (χ1n) is 6.11. The topological polar surface area (TPSA) is 70.9 Å². The lowest BCUT2D eigenvalue weighted by Gasteiger charge is -2.08. The van der Waals surface area contributed by atoms with Crippen LogP contribution < -0.4 is 11.1 Å². The molecule has 1 amide bonds. The first-order valence-corrected chi connectivity index (χ1v) is 6.11. The van der Waals surface area contributed by atoms with Gasteiger partial charge in [-0.25, -0.2) is 0 Å². The highest BCUT2D eigenvalue weighted by Crippen LogP contribution is 2.23. The van der Waals surface area contributed by atoms with Crippen LogP contribution in [0.2, 0.25) is 0 Å². The molecule has 0 spiro atoms. The maximum absolute atomic E-state index is 12.2. The van der Waals surface area contributed by atoms with Gasteiger partial charge >= 0.3 is 0 Å². The van der Waals surface area contributed by atoms with E-state index in [-0.39, 0.29) is 11.9 Å². The summed E-state index contributed by atoms with van der Waals surface area (Å²) in [5.41, 5.74) is 9.38. The number of benzene rings is 1. The first-order chi connectivity index (χ1) is 8.49. The molecule has 0 aliphatic heterocycles. The molecule has 0 aliphatic carbocycles. The highest BCUT2D eigenvalue weighted by Gasteiger charge is 2.15. The quantitative estimate of drug-likeness (QED) is 0.772. The molecule has 4 nitrogen and oxygen atoms in total. The number of nitrogens with one attached hydrogen (secondary N) is 2. The predicted octanol–water partition coefficient (Wildman–Crippen LogP) is 1.86. The fraction of sp³-hybridized carbons (Fsp3) is 0.357. The van der Waals surface area contributed by atoms with Crippen molar-refractivity contribution in [1.82, 2.24) is 10.3 Å². The molecule has 1 aromatic heterocycles. The molecule has 1 atom stereocenters. The van der Waals surface area contributed by atoms with Gasteiger partial charge < -0.3 is 16.0 Å². The van der Waals surface area contributed by atoms with E-state index < -0.39 is 0 Å². The molecule has 0 saturated heterocycles. The van der Waals surface area contributed by atoms with Gasteiger partial charge in [0, 0.05) is 29.2 Å². The van der Waals surface area contributed by atoms with Crippen LogP contribution in [0.5, 0.6) is 0 Å². The van der Waals surface area contributed by atoms with Crippen molar-refractivity contribution in [1.29, 1.82) is 0 Å². The second-order valence-corrected chi connectivity index (χ2v) is 4.86. The number of aromatic amines is 1.